The Kier molecular flexibility index (Phi) is 4.39. The molecule has 1 aliphatic heterocycles. The molecule has 1 aromatic heterocycles. The van der Waals surface area contributed by atoms with E-state index in [1.165, 1.54) is 23.6 Å². The number of benzene rings is 2. The lowest BCUT2D eigenvalue weighted by molar-refractivity contribution is 0.214. The van der Waals surface area contributed by atoms with E-state index in [0.29, 0.717) is 45.8 Å². The summed E-state index contributed by atoms with van der Waals surface area (Å²) in [6.45, 7) is 0.669. The first kappa shape index (κ1) is 17.3. The van der Waals surface area contributed by atoms with Gasteiger partial charge in [-0.05, 0) is 42.2 Å². The molecule has 1 aliphatic rings. The van der Waals surface area contributed by atoms with Crippen molar-refractivity contribution in [2.75, 3.05) is 13.4 Å². The Bertz CT molecular complexity index is 1190. The van der Waals surface area contributed by atoms with Crippen LogP contribution < -0.4 is 10.3 Å². The smallest absolute Gasteiger partial charge is 0.266 e. The third kappa shape index (κ3) is 2.77. The quantitative estimate of drug-likeness (QED) is 0.433. The van der Waals surface area contributed by atoms with Crippen LogP contribution in [0.25, 0.3) is 16.6 Å². The standard InChI is InChI=1S/C19H15N5O2S/c1-26-23-17-14-7-11(9-20)4-6-16(14)24-18(17)22-15-8-12(10-21-27-2)3-5-13(15)19(24)25/h3-8,21H,10H2,1-2H3/b23-17+. The van der Waals surface area contributed by atoms with Crippen molar-refractivity contribution in [3.05, 3.63) is 69.3 Å². The van der Waals surface area contributed by atoms with Crippen molar-refractivity contribution < 1.29 is 4.84 Å². The first-order valence-corrected chi connectivity index (χ1v) is 9.38. The minimum absolute atomic E-state index is 0.174. The normalized spacial score (nSPS) is 13.4. The molecule has 1 N–H and O–H groups in total. The Hall–Kier alpha value is -3.15. The molecule has 8 heteroatoms. The molecular weight excluding hydrogens is 362 g/mol. The van der Waals surface area contributed by atoms with Gasteiger partial charge in [0.25, 0.3) is 5.56 Å². The van der Waals surface area contributed by atoms with E-state index in [-0.39, 0.29) is 5.56 Å². The van der Waals surface area contributed by atoms with Crippen LogP contribution in [0.3, 0.4) is 0 Å². The van der Waals surface area contributed by atoms with Gasteiger partial charge in [-0.2, -0.15) is 5.26 Å². The fourth-order valence-corrected chi connectivity index (χ4v) is 3.48. The van der Waals surface area contributed by atoms with E-state index in [9.17, 15) is 10.1 Å². The molecule has 0 unspecified atom stereocenters. The van der Waals surface area contributed by atoms with Crippen molar-refractivity contribution >= 4 is 28.6 Å². The average Bonchev–Trinajstić information content (AvgIpc) is 2.99. The van der Waals surface area contributed by atoms with Crippen LogP contribution in [0.4, 0.5) is 0 Å². The number of nitrogens with zero attached hydrogens (tertiary/aromatic N) is 4. The first-order valence-electron chi connectivity index (χ1n) is 8.16. The lowest BCUT2D eigenvalue weighted by Gasteiger charge is -2.08. The topological polar surface area (TPSA) is 92.3 Å². The van der Waals surface area contributed by atoms with Gasteiger partial charge in [-0.25, -0.2) is 4.98 Å². The highest BCUT2D eigenvalue weighted by Gasteiger charge is 2.29. The van der Waals surface area contributed by atoms with Gasteiger partial charge in [0.2, 0.25) is 0 Å². The van der Waals surface area contributed by atoms with Crippen LogP contribution in [0.1, 0.15) is 22.5 Å². The predicted molar refractivity (Wildman–Crippen MR) is 105 cm³/mol. The van der Waals surface area contributed by atoms with Gasteiger partial charge in [-0.3, -0.25) is 14.1 Å². The first-order chi connectivity index (χ1) is 13.2. The van der Waals surface area contributed by atoms with Gasteiger partial charge >= 0.3 is 0 Å². The Morgan fingerprint density at radius 3 is 2.93 bits per heavy atom. The maximum absolute atomic E-state index is 13.2. The van der Waals surface area contributed by atoms with Gasteiger partial charge < -0.3 is 4.84 Å². The molecule has 0 saturated heterocycles. The maximum atomic E-state index is 13.2. The van der Waals surface area contributed by atoms with Gasteiger partial charge in [0.05, 0.1) is 28.2 Å². The molecular formula is C19H15N5O2S. The largest absolute Gasteiger partial charge is 0.399 e. The number of nitriles is 1. The Morgan fingerprint density at radius 1 is 1.33 bits per heavy atom. The van der Waals surface area contributed by atoms with E-state index >= 15 is 0 Å². The molecule has 7 nitrogen and oxygen atoms in total. The highest BCUT2D eigenvalue weighted by molar-refractivity contribution is 7.96. The van der Waals surface area contributed by atoms with Crippen molar-refractivity contribution in [1.29, 1.82) is 5.26 Å². The average molecular weight is 377 g/mol. The molecule has 4 rings (SSSR count). The number of fused-ring (bicyclic) bond motifs is 4. The van der Waals surface area contributed by atoms with Gasteiger partial charge in [0.1, 0.15) is 7.11 Å². The predicted octanol–water partition coefficient (Wildman–Crippen LogP) is 2.34. The number of nitrogens with one attached hydrogen (secondary N) is 1. The summed E-state index contributed by atoms with van der Waals surface area (Å²) in [5, 5.41) is 13.8. The fourth-order valence-electron chi connectivity index (χ4n) is 3.17. The summed E-state index contributed by atoms with van der Waals surface area (Å²) in [7, 11) is 1.44. The van der Waals surface area contributed by atoms with E-state index in [1.807, 2.05) is 18.4 Å². The van der Waals surface area contributed by atoms with Crippen LogP contribution in [0.15, 0.2) is 46.3 Å². The molecule has 134 valence electrons. The van der Waals surface area contributed by atoms with Crippen molar-refractivity contribution in [2.24, 2.45) is 5.16 Å². The number of oxime groups is 1. The summed E-state index contributed by atoms with van der Waals surface area (Å²) in [6, 6.07) is 12.8. The summed E-state index contributed by atoms with van der Waals surface area (Å²) in [6.07, 6.45) is 1.96. The molecule has 2 aromatic carbocycles. The second-order valence-electron chi connectivity index (χ2n) is 5.92. The second kappa shape index (κ2) is 6.87. The third-order valence-electron chi connectivity index (χ3n) is 4.37. The monoisotopic (exact) mass is 377 g/mol. The third-order valence-corrected chi connectivity index (χ3v) is 4.80. The number of hydrogen-bond acceptors (Lipinski definition) is 7. The van der Waals surface area contributed by atoms with E-state index in [1.54, 1.807) is 24.3 Å². The van der Waals surface area contributed by atoms with Gasteiger partial charge in [-0.1, -0.05) is 23.2 Å². The summed E-state index contributed by atoms with van der Waals surface area (Å²) >= 11 is 1.53. The fraction of sp³-hybridized carbons (Fsp3) is 0.158. The number of aromatic nitrogens is 2. The highest BCUT2D eigenvalue weighted by atomic mass is 32.2. The van der Waals surface area contributed by atoms with Gasteiger partial charge in [0.15, 0.2) is 11.5 Å². The van der Waals surface area contributed by atoms with E-state index < -0.39 is 0 Å². The lowest BCUT2D eigenvalue weighted by atomic mass is 10.1. The molecule has 0 saturated carbocycles. The molecule has 0 amide bonds. The molecule has 0 spiro atoms. The van der Waals surface area contributed by atoms with Crippen molar-refractivity contribution in [2.45, 2.75) is 6.54 Å². The SMILES string of the molecule is CO/N=C1\c2cc(C#N)ccc2-n2c1nc1cc(CNSC)ccc1c2=O. The van der Waals surface area contributed by atoms with E-state index in [2.05, 4.69) is 15.9 Å². The summed E-state index contributed by atoms with van der Waals surface area (Å²) in [5.41, 5.74) is 3.67. The van der Waals surface area contributed by atoms with Crippen LogP contribution in [-0.2, 0) is 11.4 Å². The molecule has 2 heterocycles. The zero-order chi connectivity index (χ0) is 19.0. The van der Waals surface area contributed by atoms with Crippen molar-refractivity contribution in [3.63, 3.8) is 0 Å². The Morgan fingerprint density at radius 2 is 2.19 bits per heavy atom. The molecule has 27 heavy (non-hydrogen) atoms. The summed E-state index contributed by atoms with van der Waals surface area (Å²) in [4.78, 5) is 22.8. The second-order valence-corrected chi connectivity index (χ2v) is 6.62. The maximum Gasteiger partial charge on any atom is 0.266 e. The van der Waals surface area contributed by atoms with Crippen LogP contribution >= 0.6 is 11.9 Å². The minimum atomic E-state index is -0.174. The van der Waals surface area contributed by atoms with Crippen LogP contribution in [0.2, 0.25) is 0 Å². The summed E-state index contributed by atoms with van der Waals surface area (Å²) < 4.78 is 4.71. The van der Waals surface area contributed by atoms with Crippen molar-refractivity contribution in [3.8, 4) is 11.8 Å². The van der Waals surface area contributed by atoms with Crippen molar-refractivity contribution in [1.82, 2.24) is 14.3 Å². The molecule has 0 bridgehead atoms. The Balaban J connectivity index is 1.99. The Labute approximate surface area is 159 Å². The van der Waals surface area contributed by atoms with Gasteiger partial charge in [0, 0.05) is 12.1 Å². The number of rotatable bonds is 4. The minimum Gasteiger partial charge on any atom is -0.399 e. The number of hydrogen-bond donors (Lipinski definition) is 1. The molecule has 0 aliphatic carbocycles. The van der Waals surface area contributed by atoms with E-state index in [4.69, 9.17) is 9.82 Å². The zero-order valence-corrected chi connectivity index (χ0v) is 15.5. The molecule has 0 atom stereocenters. The molecule has 0 radical (unpaired) electrons. The molecule has 0 fully saturated rings. The lowest BCUT2D eigenvalue weighted by Crippen LogP contribution is -2.22. The highest BCUT2D eigenvalue weighted by Crippen LogP contribution is 2.28. The van der Waals surface area contributed by atoms with Crippen LogP contribution in [0.5, 0.6) is 0 Å². The van der Waals surface area contributed by atoms with Crippen LogP contribution in [-0.4, -0.2) is 28.6 Å². The summed E-state index contributed by atoms with van der Waals surface area (Å²) in [5.74, 6) is 0.411. The molecule has 3 aromatic rings. The van der Waals surface area contributed by atoms with Gasteiger partial charge in [-0.15, -0.1) is 0 Å². The van der Waals surface area contributed by atoms with Crippen LogP contribution in [0, 0.1) is 11.3 Å². The zero-order valence-electron chi connectivity index (χ0n) is 14.7. The van der Waals surface area contributed by atoms with E-state index in [0.717, 1.165) is 5.56 Å².